The standard InChI is InChI=1S/C27H34N6O2/c1-18-14-19(6-7-22(18)32-12-10-28-11-13-32)15-23-30-17-20-16-27(8-9-29-25(27)34)26(35)33(24(20)31-23)21-4-2-3-5-21/h6-7,14,17,21,28H,2-5,8-13,15-16H2,1H3,(H,29,34)/t27-/m1/s1. The van der Waals surface area contributed by atoms with Crippen LogP contribution in [0.15, 0.2) is 24.4 Å². The summed E-state index contributed by atoms with van der Waals surface area (Å²) in [5.41, 5.74) is 3.65. The van der Waals surface area contributed by atoms with E-state index < -0.39 is 5.41 Å². The van der Waals surface area contributed by atoms with Gasteiger partial charge in [0.1, 0.15) is 17.1 Å². The van der Waals surface area contributed by atoms with Gasteiger partial charge in [0, 0.05) is 69.1 Å². The molecule has 0 unspecified atom stereocenters. The van der Waals surface area contributed by atoms with Crippen molar-refractivity contribution in [1.29, 1.82) is 0 Å². The lowest BCUT2D eigenvalue weighted by Gasteiger charge is -2.40. The van der Waals surface area contributed by atoms with Crippen molar-refractivity contribution in [2.75, 3.05) is 42.5 Å². The van der Waals surface area contributed by atoms with Crippen LogP contribution in [0.5, 0.6) is 0 Å². The van der Waals surface area contributed by atoms with Crippen molar-refractivity contribution in [3.63, 3.8) is 0 Å². The summed E-state index contributed by atoms with van der Waals surface area (Å²) in [6.07, 6.45) is 7.58. The van der Waals surface area contributed by atoms with Gasteiger partial charge in [-0.15, -0.1) is 0 Å². The number of hydrogen-bond acceptors (Lipinski definition) is 6. The molecular formula is C27H34N6O2. The van der Waals surface area contributed by atoms with Gasteiger partial charge in [0.25, 0.3) is 0 Å². The first-order chi connectivity index (χ1) is 17.0. The second-order valence-corrected chi connectivity index (χ2v) is 10.5. The van der Waals surface area contributed by atoms with Gasteiger partial charge in [0.2, 0.25) is 11.8 Å². The summed E-state index contributed by atoms with van der Waals surface area (Å²) in [5.74, 6) is 1.25. The molecule has 184 valence electrons. The number of anilines is 2. The van der Waals surface area contributed by atoms with Crippen LogP contribution in [-0.2, 0) is 22.4 Å². The molecule has 6 rings (SSSR count). The topological polar surface area (TPSA) is 90.5 Å². The first-order valence-corrected chi connectivity index (χ1v) is 13.1. The molecule has 1 aromatic carbocycles. The molecule has 2 aromatic rings. The number of carbonyl (C=O) groups is 2. The first kappa shape index (κ1) is 22.5. The van der Waals surface area contributed by atoms with Crippen LogP contribution in [0.25, 0.3) is 0 Å². The summed E-state index contributed by atoms with van der Waals surface area (Å²) in [4.78, 5) is 40.6. The molecule has 1 saturated carbocycles. The number of piperazine rings is 1. The second kappa shape index (κ2) is 8.90. The van der Waals surface area contributed by atoms with Crippen molar-refractivity contribution >= 4 is 23.3 Å². The number of aryl methyl sites for hydroxylation is 1. The maximum Gasteiger partial charge on any atom is 0.244 e. The number of nitrogens with zero attached hydrogens (tertiary/aromatic N) is 4. The highest BCUT2D eigenvalue weighted by atomic mass is 16.2. The van der Waals surface area contributed by atoms with Gasteiger partial charge in [-0.1, -0.05) is 25.0 Å². The molecule has 1 aliphatic carbocycles. The van der Waals surface area contributed by atoms with Crippen LogP contribution < -0.4 is 20.4 Å². The SMILES string of the molecule is Cc1cc(Cc2ncc3c(n2)N(C2CCCC2)C(=O)[C@]2(CCNC2=O)C3)ccc1N1CCNCC1. The van der Waals surface area contributed by atoms with E-state index >= 15 is 0 Å². The number of benzene rings is 1. The average Bonchev–Trinajstić information content (AvgIpc) is 3.52. The predicted octanol–water partition coefficient (Wildman–Crippen LogP) is 2.12. The van der Waals surface area contributed by atoms with E-state index in [1.165, 1.54) is 16.8 Å². The Morgan fingerprint density at radius 1 is 1.11 bits per heavy atom. The first-order valence-electron chi connectivity index (χ1n) is 13.1. The molecular weight excluding hydrogens is 440 g/mol. The van der Waals surface area contributed by atoms with Gasteiger partial charge >= 0.3 is 0 Å². The Kier molecular flexibility index (Phi) is 5.71. The molecule has 2 saturated heterocycles. The van der Waals surface area contributed by atoms with Gasteiger partial charge in [-0.3, -0.25) is 14.5 Å². The van der Waals surface area contributed by atoms with E-state index in [9.17, 15) is 9.59 Å². The maximum atomic E-state index is 13.8. The number of rotatable bonds is 4. The van der Waals surface area contributed by atoms with E-state index in [-0.39, 0.29) is 17.9 Å². The summed E-state index contributed by atoms with van der Waals surface area (Å²) in [6.45, 7) is 6.81. The Morgan fingerprint density at radius 2 is 1.91 bits per heavy atom. The van der Waals surface area contributed by atoms with Crippen molar-refractivity contribution in [2.45, 2.75) is 57.9 Å². The molecule has 35 heavy (non-hydrogen) atoms. The van der Waals surface area contributed by atoms with Crippen molar-refractivity contribution < 1.29 is 9.59 Å². The summed E-state index contributed by atoms with van der Waals surface area (Å²) in [6, 6.07) is 6.74. The minimum absolute atomic E-state index is 0.0623. The third-order valence-electron chi connectivity index (χ3n) is 8.28. The quantitative estimate of drug-likeness (QED) is 0.660. The lowest BCUT2D eigenvalue weighted by Crippen LogP contribution is -2.56. The minimum atomic E-state index is -0.989. The zero-order valence-electron chi connectivity index (χ0n) is 20.5. The number of carbonyl (C=O) groups excluding carboxylic acids is 2. The third-order valence-corrected chi connectivity index (χ3v) is 8.28. The monoisotopic (exact) mass is 474 g/mol. The largest absolute Gasteiger partial charge is 0.369 e. The van der Waals surface area contributed by atoms with E-state index in [1.807, 2.05) is 11.1 Å². The van der Waals surface area contributed by atoms with Crippen LogP contribution >= 0.6 is 0 Å². The van der Waals surface area contributed by atoms with E-state index in [1.54, 1.807) is 0 Å². The Balaban J connectivity index is 1.30. The van der Waals surface area contributed by atoms with Gasteiger partial charge in [-0.2, -0.15) is 0 Å². The molecule has 1 atom stereocenters. The van der Waals surface area contributed by atoms with Crippen LogP contribution in [0.2, 0.25) is 0 Å². The summed E-state index contributed by atoms with van der Waals surface area (Å²) >= 11 is 0. The predicted molar refractivity (Wildman–Crippen MR) is 135 cm³/mol. The fraction of sp³-hybridized carbons (Fsp3) is 0.556. The van der Waals surface area contributed by atoms with Crippen LogP contribution in [-0.4, -0.2) is 60.5 Å². The van der Waals surface area contributed by atoms with E-state index in [0.717, 1.165) is 69.1 Å². The molecule has 0 radical (unpaired) electrons. The van der Waals surface area contributed by atoms with Crippen LogP contribution in [0.3, 0.4) is 0 Å². The summed E-state index contributed by atoms with van der Waals surface area (Å²) in [5, 5.41) is 6.31. The van der Waals surface area contributed by atoms with Gasteiger partial charge < -0.3 is 15.5 Å². The van der Waals surface area contributed by atoms with Gasteiger partial charge in [-0.25, -0.2) is 9.97 Å². The highest BCUT2D eigenvalue weighted by molar-refractivity contribution is 6.14. The molecule has 2 N–H and O–H groups in total. The lowest BCUT2D eigenvalue weighted by atomic mass is 9.76. The highest BCUT2D eigenvalue weighted by Gasteiger charge is 2.56. The fourth-order valence-corrected chi connectivity index (χ4v) is 6.40. The number of hydrogen-bond donors (Lipinski definition) is 2. The smallest absolute Gasteiger partial charge is 0.244 e. The Morgan fingerprint density at radius 3 is 2.63 bits per heavy atom. The van der Waals surface area contributed by atoms with Crippen molar-refractivity contribution in [2.24, 2.45) is 5.41 Å². The zero-order chi connectivity index (χ0) is 24.0. The van der Waals surface area contributed by atoms with Crippen LogP contribution in [0.4, 0.5) is 11.5 Å². The molecule has 4 heterocycles. The third kappa shape index (κ3) is 3.88. The molecule has 8 nitrogen and oxygen atoms in total. The lowest BCUT2D eigenvalue weighted by molar-refractivity contribution is -0.140. The molecule has 4 aliphatic rings. The minimum Gasteiger partial charge on any atom is -0.369 e. The fourth-order valence-electron chi connectivity index (χ4n) is 6.40. The van der Waals surface area contributed by atoms with Gasteiger partial charge in [0.15, 0.2) is 0 Å². The van der Waals surface area contributed by atoms with Crippen molar-refractivity contribution in [3.8, 4) is 0 Å². The van der Waals surface area contributed by atoms with E-state index in [4.69, 9.17) is 9.97 Å². The normalized spacial score (nSPS) is 24.8. The Bertz CT molecular complexity index is 1150. The Labute approximate surface area is 206 Å². The molecule has 0 bridgehead atoms. The molecule has 8 heteroatoms. The number of nitrogens with one attached hydrogen (secondary N) is 2. The van der Waals surface area contributed by atoms with Crippen LogP contribution in [0.1, 0.15) is 54.6 Å². The maximum absolute atomic E-state index is 13.8. The van der Waals surface area contributed by atoms with E-state index in [2.05, 4.69) is 40.7 Å². The second-order valence-electron chi connectivity index (χ2n) is 10.5. The number of fused-ring (bicyclic) bond motifs is 1. The average molecular weight is 475 g/mol. The summed E-state index contributed by atoms with van der Waals surface area (Å²) in [7, 11) is 0. The zero-order valence-corrected chi connectivity index (χ0v) is 20.5. The van der Waals surface area contributed by atoms with Gasteiger partial charge in [0.05, 0.1) is 0 Å². The van der Waals surface area contributed by atoms with Crippen LogP contribution in [0, 0.1) is 12.3 Å². The molecule has 3 fully saturated rings. The highest BCUT2D eigenvalue weighted by Crippen LogP contribution is 2.44. The number of amides is 2. The molecule has 1 aromatic heterocycles. The van der Waals surface area contributed by atoms with Gasteiger partial charge in [-0.05, 0) is 43.4 Å². The van der Waals surface area contributed by atoms with E-state index in [0.29, 0.717) is 25.8 Å². The molecule has 1 spiro atoms. The molecule has 3 aliphatic heterocycles. The number of aromatic nitrogens is 2. The van der Waals surface area contributed by atoms with Crippen molar-refractivity contribution in [3.05, 3.63) is 46.9 Å². The Hall–Kier alpha value is -3.00. The summed E-state index contributed by atoms with van der Waals surface area (Å²) < 4.78 is 0. The van der Waals surface area contributed by atoms with Crippen molar-refractivity contribution in [1.82, 2.24) is 20.6 Å². The molecule has 2 amide bonds.